The molecule has 1 saturated heterocycles. The van der Waals surface area contributed by atoms with Crippen molar-refractivity contribution in [1.29, 1.82) is 0 Å². The van der Waals surface area contributed by atoms with Crippen LogP contribution in [-0.2, 0) is 0 Å². The Morgan fingerprint density at radius 3 is 2.91 bits per heavy atom. The van der Waals surface area contributed by atoms with Gasteiger partial charge >= 0.3 is 0 Å². The predicted octanol–water partition coefficient (Wildman–Crippen LogP) is 0.907. The highest BCUT2D eigenvalue weighted by Gasteiger charge is 2.21. The van der Waals surface area contributed by atoms with Crippen molar-refractivity contribution in [3.63, 3.8) is 0 Å². The summed E-state index contributed by atoms with van der Waals surface area (Å²) < 4.78 is 12.9. The highest BCUT2D eigenvalue weighted by molar-refractivity contribution is 5.19. The van der Waals surface area contributed by atoms with Gasteiger partial charge in [-0.2, -0.15) is 4.39 Å². The van der Waals surface area contributed by atoms with E-state index in [1.165, 1.54) is 6.20 Å². The van der Waals surface area contributed by atoms with Gasteiger partial charge in [-0.05, 0) is 6.07 Å². The molecule has 3 heteroatoms. The Bertz CT molecular complexity index is 258. The third-order valence-corrected chi connectivity index (χ3v) is 2.01. The first-order chi connectivity index (χ1) is 5.38. The van der Waals surface area contributed by atoms with Gasteiger partial charge in [-0.15, -0.1) is 0 Å². The molecule has 0 saturated carbocycles. The Labute approximate surface area is 64.5 Å². The first kappa shape index (κ1) is 6.73. The van der Waals surface area contributed by atoms with Crippen molar-refractivity contribution in [3.8, 4) is 0 Å². The van der Waals surface area contributed by atoms with E-state index in [1.807, 2.05) is 0 Å². The highest BCUT2D eigenvalue weighted by Crippen LogP contribution is 2.20. The summed E-state index contributed by atoms with van der Waals surface area (Å²) in [6, 6.07) is 3.57. The van der Waals surface area contributed by atoms with Crippen molar-refractivity contribution >= 4 is 0 Å². The normalized spacial score (nSPS) is 17.9. The van der Waals surface area contributed by atoms with Crippen LogP contribution in [0.4, 0.5) is 4.39 Å². The van der Waals surface area contributed by atoms with Crippen molar-refractivity contribution in [2.75, 3.05) is 13.1 Å². The van der Waals surface area contributed by atoms with Gasteiger partial charge in [0.2, 0.25) is 5.95 Å². The molecule has 0 amide bonds. The second-order valence-corrected chi connectivity index (χ2v) is 2.74. The fourth-order valence-corrected chi connectivity index (χ4v) is 1.21. The van der Waals surface area contributed by atoms with E-state index < -0.39 is 0 Å². The van der Waals surface area contributed by atoms with Gasteiger partial charge in [-0.1, -0.05) is 6.07 Å². The number of hydrogen-bond acceptors (Lipinski definition) is 2. The smallest absolute Gasteiger partial charge is 0.216 e. The Morgan fingerprint density at radius 1 is 1.55 bits per heavy atom. The number of hydrogen-bond donors (Lipinski definition) is 1. The average molecular weight is 152 g/mol. The third kappa shape index (κ3) is 1.12. The first-order valence-electron chi connectivity index (χ1n) is 3.69. The van der Waals surface area contributed by atoms with Gasteiger partial charge in [0.25, 0.3) is 0 Å². The number of nitrogens with zero attached hydrogens (tertiary/aromatic N) is 1. The van der Waals surface area contributed by atoms with Crippen molar-refractivity contribution in [1.82, 2.24) is 10.3 Å². The summed E-state index contributed by atoms with van der Waals surface area (Å²) in [5, 5.41) is 3.09. The Kier molecular flexibility index (Phi) is 1.58. The van der Waals surface area contributed by atoms with E-state index in [1.54, 1.807) is 12.1 Å². The molecule has 1 fully saturated rings. The maximum atomic E-state index is 12.9. The topological polar surface area (TPSA) is 24.9 Å². The van der Waals surface area contributed by atoms with Gasteiger partial charge in [-0.3, -0.25) is 0 Å². The maximum absolute atomic E-state index is 12.9. The van der Waals surface area contributed by atoms with Crippen molar-refractivity contribution < 1.29 is 4.39 Å². The molecule has 11 heavy (non-hydrogen) atoms. The number of aromatic nitrogens is 1. The average Bonchev–Trinajstić information content (AvgIpc) is 1.90. The summed E-state index contributed by atoms with van der Waals surface area (Å²) in [4.78, 5) is 3.59. The molecule has 1 aromatic rings. The quantitative estimate of drug-likeness (QED) is 0.605. The summed E-state index contributed by atoms with van der Waals surface area (Å²) in [6.45, 7) is 1.76. The highest BCUT2D eigenvalue weighted by atomic mass is 19.1. The number of halogens is 1. The van der Waals surface area contributed by atoms with Crippen LogP contribution in [0.3, 0.4) is 0 Å². The molecule has 2 heterocycles. The van der Waals surface area contributed by atoms with Crippen LogP contribution in [0.1, 0.15) is 11.5 Å². The van der Waals surface area contributed by atoms with E-state index in [-0.39, 0.29) is 5.95 Å². The molecule has 58 valence electrons. The van der Waals surface area contributed by atoms with Crippen molar-refractivity contribution in [2.24, 2.45) is 0 Å². The lowest BCUT2D eigenvalue weighted by Crippen LogP contribution is -2.40. The maximum Gasteiger partial charge on any atom is 0.216 e. The molecule has 1 aliphatic heterocycles. The molecule has 1 N–H and O–H groups in total. The van der Waals surface area contributed by atoms with Crippen LogP contribution in [-0.4, -0.2) is 18.1 Å². The van der Waals surface area contributed by atoms with Gasteiger partial charge in [0.05, 0.1) is 0 Å². The zero-order valence-corrected chi connectivity index (χ0v) is 6.05. The molecule has 0 bridgehead atoms. The SMILES string of the molecule is Fc1ncccc1C1CNC1. The summed E-state index contributed by atoms with van der Waals surface area (Å²) in [5.41, 5.74) is 0.742. The molecule has 0 aromatic carbocycles. The van der Waals surface area contributed by atoms with E-state index in [4.69, 9.17) is 0 Å². The molecule has 0 aliphatic carbocycles. The van der Waals surface area contributed by atoms with Crippen LogP contribution in [0.25, 0.3) is 0 Å². The van der Waals surface area contributed by atoms with E-state index in [0.29, 0.717) is 5.92 Å². The minimum atomic E-state index is -0.320. The van der Waals surface area contributed by atoms with Crippen molar-refractivity contribution in [2.45, 2.75) is 5.92 Å². The van der Waals surface area contributed by atoms with E-state index in [0.717, 1.165) is 18.7 Å². The zero-order chi connectivity index (χ0) is 7.68. The molecular weight excluding hydrogens is 143 g/mol. The van der Waals surface area contributed by atoms with E-state index in [9.17, 15) is 4.39 Å². The second kappa shape index (κ2) is 2.58. The lowest BCUT2D eigenvalue weighted by Gasteiger charge is -2.27. The molecule has 1 aromatic heterocycles. The molecule has 1 aliphatic rings. The minimum absolute atomic E-state index is 0.320. The first-order valence-corrected chi connectivity index (χ1v) is 3.69. The lowest BCUT2D eigenvalue weighted by molar-refractivity contribution is 0.424. The Morgan fingerprint density at radius 2 is 2.36 bits per heavy atom. The van der Waals surface area contributed by atoms with Gasteiger partial charge < -0.3 is 5.32 Å². The van der Waals surface area contributed by atoms with Crippen LogP contribution < -0.4 is 5.32 Å². The second-order valence-electron chi connectivity index (χ2n) is 2.74. The van der Waals surface area contributed by atoms with Gasteiger partial charge in [0, 0.05) is 30.8 Å². The molecule has 0 spiro atoms. The third-order valence-electron chi connectivity index (χ3n) is 2.01. The van der Waals surface area contributed by atoms with Crippen molar-refractivity contribution in [3.05, 3.63) is 29.8 Å². The minimum Gasteiger partial charge on any atom is -0.315 e. The standard InChI is InChI=1S/C8H9FN2/c9-8-7(2-1-3-11-8)6-4-10-5-6/h1-3,6,10H,4-5H2. The Hall–Kier alpha value is -0.960. The predicted molar refractivity (Wildman–Crippen MR) is 39.8 cm³/mol. The lowest BCUT2D eigenvalue weighted by atomic mass is 9.95. The monoisotopic (exact) mass is 152 g/mol. The van der Waals surface area contributed by atoms with Crippen LogP contribution >= 0.6 is 0 Å². The summed E-state index contributed by atoms with van der Waals surface area (Å²) in [5.74, 6) is 0.0164. The largest absolute Gasteiger partial charge is 0.315 e. The molecule has 2 nitrogen and oxygen atoms in total. The van der Waals surface area contributed by atoms with Crippen LogP contribution in [0.15, 0.2) is 18.3 Å². The number of rotatable bonds is 1. The fourth-order valence-electron chi connectivity index (χ4n) is 1.21. The van der Waals surface area contributed by atoms with Gasteiger partial charge in [0.15, 0.2) is 0 Å². The molecule has 0 unspecified atom stereocenters. The summed E-state index contributed by atoms with van der Waals surface area (Å²) >= 11 is 0. The molecule has 0 radical (unpaired) electrons. The molecular formula is C8H9FN2. The fraction of sp³-hybridized carbons (Fsp3) is 0.375. The number of pyridine rings is 1. The molecule has 2 rings (SSSR count). The van der Waals surface area contributed by atoms with Crippen LogP contribution in [0.5, 0.6) is 0 Å². The number of nitrogens with one attached hydrogen (secondary N) is 1. The van der Waals surface area contributed by atoms with E-state index in [2.05, 4.69) is 10.3 Å². The summed E-state index contributed by atoms with van der Waals surface area (Å²) in [7, 11) is 0. The van der Waals surface area contributed by atoms with Crippen LogP contribution in [0, 0.1) is 5.95 Å². The summed E-state index contributed by atoms with van der Waals surface area (Å²) in [6.07, 6.45) is 1.48. The van der Waals surface area contributed by atoms with Gasteiger partial charge in [-0.25, -0.2) is 4.98 Å². The molecule has 0 atom stereocenters. The zero-order valence-electron chi connectivity index (χ0n) is 6.05. The van der Waals surface area contributed by atoms with E-state index >= 15 is 0 Å². The van der Waals surface area contributed by atoms with Crippen LogP contribution in [0.2, 0.25) is 0 Å². The van der Waals surface area contributed by atoms with Gasteiger partial charge in [0.1, 0.15) is 0 Å². The Balaban J connectivity index is 2.28.